The van der Waals surface area contributed by atoms with Gasteiger partial charge in [0, 0.05) is 12.6 Å². The number of methoxy groups -OCH3 is 2. The summed E-state index contributed by atoms with van der Waals surface area (Å²) < 4.78 is 10.5. The Balaban J connectivity index is 2.52. The fraction of sp³-hybridized carbons (Fsp3) is 0.533. The van der Waals surface area contributed by atoms with Crippen LogP contribution in [0.3, 0.4) is 0 Å². The third-order valence-corrected chi connectivity index (χ3v) is 2.93. The van der Waals surface area contributed by atoms with E-state index in [9.17, 15) is 0 Å². The van der Waals surface area contributed by atoms with Crippen molar-refractivity contribution in [2.75, 3.05) is 27.3 Å². The third-order valence-electron chi connectivity index (χ3n) is 2.93. The molecule has 4 heteroatoms. The summed E-state index contributed by atoms with van der Waals surface area (Å²) >= 11 is 0. The second kappa shape index (κ2) is 7.01. The molecule has 0 aliphatic heterocycles. The zero-order chi connectivity index (χ0) is 14.3. The molecule has 0 radical (unpaired) electrons. The number of hydrogen-bond acceptors (Lipinski definition) is 4. The second-order valence-corrected chi connectivity index (χ2v) is 5.10. The number of hydrogen-bond donors (Lipinski definition) is 1. The molecule has 0 aromatic heterocycles. The van der Waals surface area contributed by atoms with Crippen molar-refractivity contribution in [3.05, 3.63) is 23.8 Å². The van der Waals surface area contributed by atoms with Gasteiger partial charge < -0.3 is 14.8 Å². The third kappa shape index (κ3) is 4.80. The van der Waals surface area contributed by atoms with Crippen LogP contribution in [0.5, 0.6) is 11.5 Å². The number of nitrogens with one attached hydrogen (secondary N) is 1. The minimum atomic E-state index is -0.329. The zero-order valence-electron chi connectivity index (χ0n) is 12.1. The summed E-state index contributed by atoms with van der Waals surface area (Å²) in [6, 6.07) is 8.09. The van der Waals surface area contributed by atoms with Gasteiger partial charge in [0.15, 0.2) is 0 Å². The molecule has 19 heavy (non-hydrogen) atoms. The molecule has 0 saturated heterocycles. The molecule has 4 nitrogen and oxygen atoms in total. The van der Waals surface area contributed by atoms with Crippen LogP contribution in [0.25, 0.3) is 0 Å². The summed E-state index contributed by atoms with van der Waals surface area (Å²) in [6.07, 6.45) is 0.856. The van der Waals surface area contributed by atoms with Gasteiger partial charge in [-0.2, -0.15) is 5.26 Å². The van der Waals surface area contributed by atoms with Crippen LogP contribution >= 0.6 is 0 Å². The Hall–Kier alpha value is -1.73. The first-order chi connectivity index (χ1) is 9.02. The Morgan fingerprint density at radius 1 is 1.26 bits per heavy atom. The fourth-order valence-corrected chi connectivity index (χ4v) is 1.72. The van der Waals surface area contributed by atoms with E-state index in [2.05, 4.69) is 11.4 Å². The molecule has 0 bridgehead atoms. The van der Waals surface area contributed by atoms with Crippen molar-refractivity contribution in [3.63, 3.8) is 0 Å². The number of benzene rings is 1. The second-order valence-electron chi connectivity index (χ2n) is 5.10. The van der Waals surface area contributed by atoms with E-state index in [0.717, 1.165) is 30.0 Å². The maximum Gasteiger partial charge on any atom is 0.125 e. The highest BCUT2D eigenvalue weighted by Crippen LogP contribution is 2.24. The van der Waals surface area contributed by atoms with Gasteiger partial charge in [0.2, 0.25) is 0 Å². The standard InChI is InChI=1S/C15H22N2O2/c1-15(2,10-16)11-17-8-7-12-5-6-13(18-3)9-14(12)19-4/h5-6,9,17H,7-8,11H2,1-4H3. The summed E-state index contributed by atoms with van der Waals surface area (Å²) in [5.41, 5.74) is 0.801. The minimum Gasteiger partial charge on any atom is -0.497 e. The van der Waals surface area contributed by atoms with E-state index < -0.39 is 0 Å². The van der Waals surface area contributed by atoms with Crippen LogP contribution < -0.4 is 14.8 Å². The molecule has 0 amide bonds. The van der Waals surface area contributed by atoms with Gasteiger partial charge in [0.05, 0.1) is 25.7 Å². The van der Waals surface area contributed by atoms with Gasteiger partial charge in [-0.05, 0) is 38.4 Å². The lowest BCUT2D eigenvalue weighted by Gasteiger charge is -2.16. The normalized spacial score (nSPS) is 10.9. The first-order valence-corrected chi connectivity index (χ1v) is 6.35. The lowest BCUT2D eigenvalue weighted by molar-refractivity contribution is 0.390. The lowest BCUT2D eigenvalue weighted by Crippen LogP contribution is -2.29. The van der Waals surface area contributed by atoms with Crippen molar-refractivity contribution in [2.24, 2.45) is 5.41 Å². The van der Waals surface area contributed by atoms with Crippen molar-refractivity contribution in [3.8, 4) is 17.6 Å². The molecule has 1 aromatic carbocycles. The molecule has 1 aromatic rings. The predicted octanol–water partition coefficient (Wildman–Crippen LogP) is 2.39. The van der Waals surface area contributed by atoms with Gasteiger partial charge in [-0.25, -0.2) is 0 Å². The quantitative estimate of drug-likeness (QED) is 0.767. The molecule has 1 N–H and O–H groups in total. The summed E-state index contributed by atoms with van der Waals surface area (Å²) in [7, 11) is 3.30. The van der Waals surface area contributed by atoms with Crippen molar-refractivity contribution in [1.82, 2.24) is 5.32 Å². The topological polar surface area (TPSA) is 54.3 Å². The summed E-state index contributed by atoms with van der Waals surface area (Å²) in [5, 5.41) is 12.2. The number of rotatable bonds is 7. The number of nitrogens with zero attached hydrogens (tertiary/aromatic N) is 1. The van der Waals surface area contributed by atoms with Crippen LogP contribution in [0.2, 0.25) is 0 Å². The van der Waals surface area contributed by atoms with E-state index in [1.165, 1.54) is 0 Å². The molecule has 0 spiro atoms. The van der Waals surface area contributed by atoms with Gasteiger partial charge >= 0.3 is 0 Å². The smallest absolute Gasteiger partial charge is 0.125 e. The van der Waals surface area contributed by atoms with Gasteiger partial charge in [0.25, 0.3) is 0 Å². The molecule has 0 saturated carbocycles. The first-order valence-electron chi connectivity index (χ1n) is 6.35. The molecule has 0 unspecified atom stereocenters. The molecule has 104 valence electrons. The van der Waals surface area contributed by atoms with Gasteiger partial charge in [0.1, 0.15) is 11.5 Å². The summed E-state index contributed by atoms with van der Waals surface area (Å²) in [6.45, 7) is 5.34. The highest BCUT2D eigenvalue weighted by Gasteiger charge is 2.15. The van der Waals surface area contributed by atoms with Crippen molar-refractivity contribution >= 4 is 0 Å². The van der Waals surface area contributed by atoms with Crippen LogP contribution in [0.4, 0.5) is 0 Å². The van der Waals surface area contributed by atoms with E-state index >= 15 is 0 Å². The first kappa shape index (κ1) is 15.3. The largest absolute Gasteiger partial charge is 0.497 e. The summed E-state index contributed by atoms with van der Waals surface area (Å²) in [5.74, 6) is 1.62. The molecular weight excluding hydrogens is 240 g/mol. The van der Waals surface area contributed by atoms with E-state index in [0.29, 0.717) is 6.54 Å². The Kier molecular flexibility index (Phi) is 5.65. The van der Waals surface area contributed by atoms with Crippen LogP contribution in [0.15, 0.2) is 18.2 Å². The molecule has 0 atom stereocenters. The summed E-state index contributed by atoms with van der Waals surface area (Å²) in [4.78, 5) is 0. The Morgan fingerprint density at radius 2 is 2.00 bits per heavy atom. The Morgan fingerprint density at radius 3 is 2.58 bits per heavy atom. The van der Waals surface area contributed by atoms with Crippen LogP contribution in [0, 0.1) is 16.7 Å². The highest BCUT2D eigenvalue weighted by atomic mass is 16.5. The molecular formula is C15H22N2O2. The predicted molar refractivity (Wildman–Crippen MR) is 75.5 cm³/mol. The van der Waals surface area contributed by atoms with E-state index in [1.54, 1.807) is 14.2 Å². The molecule has 1 rings (SSSR count). The fourth-order valence-electron chi connectivity index (χ4n) is 1.72. The lowest BCUT2D eigenvalue weighted by atomic mass is 9.96. The Bertz CT molecular complexity index is 450. The van der Waals surface area contributed by atoms with Crippen LogP contribution in [0.1, 0.15) is 19.4 Å². The van der Waals surface area contributed by atoms with Gasteiger partial charge in [-0.1, -0.05) is 6.07 Å². The maximum atomic E-state index is 8.93. The molecule has 0 heterocycles. The highest BCUT2D eigenvalue weighted by molar-refractivity contribution is 5.40. The molecule has 0 fully saturated rings. The van der Waals surface area contributed by atoms with E-state index in [4.69, 9.17) is 14.7 Å². The van der Waals surface area contributed by atoms with Crippen LogP contribution in [-0.2, 0) is 6.42 Å². The SMILES string of the molecule is COc1ccc(CCNCC(C)(C)C#N)c(OC)c1. The van der Waals surface area contributed by atoms with Gasteiger partial charge in [-0.15, -0.1) is 0 Å². The zero-order valence-corrected chi connectivity index (χ0v) is 12.1. The Labute approximate surface area is 115 Å². The molecule has 0 aliphatic rings. The van der Waals surface area contributed by atoms with E-state index in [-0.39, 0.29) is 5.41 Å². The van der Waals surface area contributed by atoms with Crippen molar-refractivity contribution < 1.29 is 9.47 Å². The van der Waals surface area contributed by atoms with Crippen molar-refractivity contribution in [1.29, 1.82) is 5.26 Å². The van der Waals surface area contributed by atoms with Crippen LogP contribution in [-0.4, -0.2) is 27.3 Å². The molecule has 0 aliphatic carbocycles. The average Bonchev–Trinajstić information content (AvgIpc) is 2.43. The number of nitriles is 1. The van der Waals surface area contributed by atoms with E-state index in [1.807, 2.05) is 32.0 Å². The van der Waals surface area contributed by atoms with Gasteiger partial charge in [-0.3, -0.25) is 0 Å². The maximum absolute atomic E-state index is 8.93. The van der Waals surface area contributed by atoms with Crippen molar-refractivity contribution in [2.45, 2.75) is 20.3 Å². The number of ether oxygens (including phenoxy) is 2. The average molecular weight is 262 g/mol. The monoisotopic (exact) mass is 262 g/mol. The minimum absolute atomic E-state index is 0.329.